The Morgan fingerprint density at radius 3 is 2.62 bits per heavy atom. The number of benzene rings is 1. The number of ether oxygens (including phenoxy) is 1. The van der Waals surface area contributed by atoms with Gasteiger partial charge in [0.1, 0.15) is 5.82 Å². The molecule has 1 fully saturated rings. The van der Waals surface area contributed by atoms with Gasteiger partial charge in [-0.3, -0.25) is 9.89 Å². The van der Waals surface area contributed by atoms with Crippen molar-refractivity contribution in [3.8, 4) is 0 Å². The van der Waals surface area contributed by atoms with Gasteiger partial charge in [-0.05, 0) is 35.6 Å². The summed E-state index contributed by atoms with van der Waals surface area (Å²) in [4.78, 5) is 10.4. The molecule has 2 heterocycles. The van der Waals surface area contributed by atoms with Gasteiger partial charge in [0.15, 0.2) is 5.96 Å². The third-order valence-corrected chi connectivity index (χ3v) is 5.98. The van der Waals surface area contributed by atoms with E-state index in [-0.39, 0.29) is 35.8 Å². The fourth-order valence-electron chi connectivity index (χ4n) is 3.44. The maximum Gasteiger partial charge on any atom is 0.193 e. The Bertz CT molecular complexity index is 736. The molecule has 0 radical (unpaired) electrons. The quantitative estimate of drug-likeness (QED) is 0.336. The average Bonchev–Trinajstić information content (AvgIpc) is 3.25. The van der Waals surface area contributed by atoms with Gasteiger partial charge in [0.2, 0.25) is 0 Å². The fourth-order valence-corrected chi connectivity index (χ4v) is 4.14. The third-order valence-electron chi connectivity index (χ3n) is 5.04. The molecule has 0 saturated carbocycles. The standard InChI is InChI=1S/C21H29FN4OS.HI/c1-23-21(25(2)10-9-19-4-3-15-28-19)24-16-20(26-11-13-27-14-12-26)17-5-7-18(22)8-6-17;/h3-8,15,20H,9-14,16H2,1-2H3,(H,23,24);1H. The molecule has 0 bridgehead atoms. The lowest BCUT2D eigenvalue weighted by atomic mass is 10.0. The van der Waals surface area contributed by atoms with Crippen LogP contribution in [0, 0.1) is 5.82 Å². The van der Waals surface area contributed by atoms with Crippen molar-refractivity contribution in [3.63, 3.8) is 0 Å². The number of morpholine rings is 1. The number of halogens is 2. The number of likely N-dealkylation sites (N-methyl/N-ethyl adjacent to an activating group) is 1. The molecule has 0 amide bonds. The van der Waals surface area contributed by atoms with Crippen molar-refractivity contribution in [1.29, 1.82) is 0 Å². The van der Waals surface area contributed by atoms with Gasteiger partial charge in [0.05, 0.1) is 19.3 Å². The van der Waals surface area contributed by atoms with E-state index in [0.29, 0.717) is 6.54 Å². The predicted molar refractivity (Wildman–Crippen MR) is 129 cm³/mol. The molecule has 1 saturated heterocycles. The summed E-state index contributed by atoms with van der Waals surface area (Å²) in [6.07, 6.45) is 1.000. The van der Waals surface area contributed by atoms with Crippen LogP contribution >= 0.6 is 35.3 Å². The summed E-state index contributed by atoms with van der Waals surface area (Å²) >= 11 is 1.78. The zero-order valence-electron chi connectivity index (χ0n) is 17.0. The molecular weight excluding hydrogens is 502 g/mol. The molecule has 1 aliphatic rings. The van der Waals surface area contributed by atoms with E-state index >= 15 is 0 Å². The minimum atomic E-state index is -0.207. The van der Waals surface area contributed by atoms with E-state index in [4.69, 9.17) is 4.74 Å². The highest BCUT2D eigenvalue weighted by Crippen LogP contribution is 2.22. The maximum absolute atomic E-state index is 13.4. The third kappa shape index (κ3) is 7.20. The summed E-state index contributed by atoms with van der Waals surface area (Å²) in [5.74, 6) is 0.665. The van der Waals surface area contributed by atoms with E-state index in [1.807, 2.05) is 19.2 Å². The van der Waals surface area contributed by atoms with E-state index < -0.39 is 0 Å². The van der Waals surface area contributed by atoms with Crippen LogP contribution < -0.4 is 5.32 Å². The normalized spacial score (nSPS) is 16.2. The lowest BCUT2D eigenvalue weighted by molar-refractivity contribution is 0.0169. The first-order valence-electron chi connectivity index (χ1n) is 9.69. The number of guanidine groups is 1. The summed E-state index contributed by atoms with van der Waals surface area (Å²) in [5.41, 5.74) is 1.10. The van der Waals surface area contributed by atoms with Crippen molar-refractivity contribution in [3.05, 3.63) is 58.0 Å². The first kappa shape index (κ1) is 24.0. The maximum atomic E-state index is 13.4. The van der Waals surface area contributed by atoms with Gasteiger partial charge in [0.25, 0.3) is 0 Å². The molecule has 3 rings (SSSR count). The summed E-state index contributed by atoms with van der Waals surface area (Å²) in [6, 6.07) is 11.2. The number of thiophene rings is 1. The van der Waals surface area contributed by atoms with E-state index in [1.54, 1.807) is 11.3 Å². The molecule has 1 N–H and O–H groups in total. The summed E-state index contributed by atoms with van der Waals surface area (Å²) in [5, 5.41) is 5.62. The number of hydrogen-bond donors (Lipinski definition) is 1. The van der Waals surface area contributed by atoms with Crippen molar-refractivity contribution < 1.29 is 9.13 Å². The first-order chi connectivity index (χ1) is 13.7. The Balaban J connectivity index is 0.00000300. The van der Waals surface area contributed by atoms with Crippen LogP contribution in [0.4, 0.5) is 4.39 Å². The van der Waals surface area contributed by atoms with Crippen LogP contribution in [0.3, 0.4) is 0 Å². The van der Waals surface area contributed by atoms with Crippen LogP contribution in [0.5, 0.6) is 0 Å². The number of nitrogens with one attached hydrogen (secondary N) is 1. The second kappa shape index (κ2) is 12.5. The number of rotatable bonds is 7. The predicted octanol–water partition coefficient (Wildman–Crippen LogP) is 3.63. The molecule has 5 nitrogen and oxygen atoms in total. The van der Waals surface area contributed by atoms with Crippen molar-refractivity contribution in [2.75, 3.05) is 53.5 Å². The van der Waals surface area contributed by atoms with Crippen molar-refractivity contribution >= 4 is 41.3 Å². The van der Waals surface area contributed by atoms with Crippen LogP contribution in [-0.4, -0.2) is 69.2 Å². The highest BCUT2D eigenvalue weighted by Gasteiger charge is 2.23. The van der Waals surface area contributed by atoms with Gasteiger partial charge >= 0.3 is 0 Å². The Kier molecular flexibility index (Phi) is 10.3. The zero-order valence-corrected chi connectivity index (χ0v) is 20.2. The minimum absolute atomic E-state index is 0. The highest BCUT2D eigenvalue weighted by molar-refractivity contribution is 14.0. The summed E-state index contributed by atoms with van der Waals surface area (Å²) in [6.45, 7) is 4.81. The van der Waals surface area contributed by atoms with Gasteiger partial charge in [-0.25, -0.2) is 4.39 Å². The Morgan fingerprint density at radius 2 is 2.00 bits per heavy atom. The number of nitrogens with zero attached hydrogens (tertiary/aromatic N) is 3. The first-order valence-corrected chi connectivity index (χ1v) is 10.6. The Labute approximate surface area is 194 Å². The molecule has 8 heteroatoms. The molecule has 1 aromatic heterocycles. The molecule has 1 unspecified atom stereocenters. The van der Waals surface area contributed by atoms with Gasteiger partial charge in [-0.1, -0.05) is 18.2 Å². The smallest absolute Gasteiger partial charge is 0.193 e. The van der Waals surface area contributed by atoms with E-state index in [0.717, 1.165) is 50.8 Å². The van der Waals surface area contributed by atoms with Gasteiger partial charge in [-0.2, -0.15) is 0 Å². The molecule has 1 aromatic carbocycles. The molecule has 2 aromatic rings. The minimum Gasteiger partial charge on any atom is -0.379 e. The van der Waals surface area contributed by atoms with E-state index in [1.165, 1.54) is 17.0 Å². The van der Waals surface area contributed by atoms with Crippen LogP contribution in [0.2, 0.25) is 0 Å². The molecule has 0 spiro atoms. The van der Waals surface area contributed by atoms with Crippen LogP contribution in [-0.2, 0) is 11.2 Å². The summed E-state index contributed by atoms with van der Waals surface area (Å²) in [7, 11) is 3.87. The van der Waals surface area contributed by atoms with Crippen molar-refractivity contribution in [2.45, 2.75) is 12.5 Å². The monoisotopic (exact) mass is 532 g/mol. The van der Waals surface area contributed by atoms with Gasteiger partial charge in [0, 0.05) is 45.2 Å². The van der Waals surface area contributed by atoms with E-state index in [2.05, 4.69) is 44.7 Å². The molecule has 29 heavy (non-hydrogen) atoms. The average molecular weight is 532 g/mol. The molecule has 1 aliphatic heterocycles. The van der Waals surface area contributed by atoms with Gasteiger partial charge < -0.3 is 15.0 Å². The van der Waals surface area contributed by atoms with Crippen molar-refractivity contribution in [1.82, 2.24) is 15.1 Å². The molecule has 160 valence electrons. The summed E-state index contributed by atoms with van der Waals surface area (Å²) < 4.78 is 18.9. The topological polar surface area (TPSA) is 40.1 Å². The largest absolute Gasteiger partial charge is 0.379 e. The zero-order chi connectivity index (χ0) is 19.8. The molecule has 1 atom stereocenters. The number of hydrogen-bond acceptors (Lipinski definition) is 4. The van der Waals surface area contributed by atoms with Gasteiger partial charge in [-0.15, -0.1) is 35.3 Å². The lowest BCUT2D eigenvalue weighted by Crippen LogP contribution is -2.47. The second-order valence-corrected chi connectivity index (χ2v) is 7.93. The molecular formula is C21H30FIN4OS. The van der Waals surface area contributed by atoms with E-state index in [9.17, 15) is 4.39 Å². The molecule has 0 aliphatic carbocycles. The Hall–Kier alpha value is -1.23. The van der Waals surface area contributed by atoms with Crippen molar-refractivity contribution in [2.24, 2.45) is 4.99 Å². The van der Waals surface area contributed by atoms with Crippen LogP contribution in [0.1, 0.15) is 16.5 Å². The number of aliphatic imine (C=N–C) groups is 1. The lowest BCUT2D eigenvalue weighted by Gasteiger charge is -2.35. The highest BCUT2D eigenvalue weighted by atomic mass is 127. The Morgan fingerprint density at radius 1 is 1.28 bits per heavy atom. The van der Waals surface area contributed by atoms with Crippen LogP contribution in [0.15, 0.2) is 46.8 Å². The second-order valence-electron chi connectivity index (χ2n) is 6.89. The van der Waals surface area contributed by atoms with Crippen LogP contribution in [0.25, 0.3) is 0 Å². The SMILES string of the molecule is CN=C(NCC(c1ccc(F)cc1)N1CCOCC1)N(C)CCc1cccs1.I. The fraction of sp³-hybridized carbons (Fsp3) is 0.476.